The van der Waals surface area contributed by atoms with Crippen molar-refractivity contribution in [3.63, 3.8) is 0 Å². The van der Waals surface area contributed by atoms with Crippen LogP contribution in [0.25, 0.3) is 11.0 Å². The number of sulfonamides is 1. The van der Waals surface area contributed by atoms with Crippen molar-refractivity contribution < 1.29 is 27.1 Å². The molecule has 0 bridgehead atoms. The van der Waals surface area contributed by atoms with Gasteiger partial charge in [0.1, 0.15) is 9.73 Å². The predicted octanol–water partition coefficient (Wildman–Crippen LogP) is 2.52. The first-order valence-corrected chi connectivity index (χ1v) is 10.2. The quantitative estimate of drug-likeness (QED) is 0.598. The number of hydrogen-bond donors (Lipinski definition) is 1. The highest BCUT2D eigenvalue weighted by molar-refractivity contribution is 7.94. The summed E-state index contributed by atoms with van der Waals surface area (Å²) in [7, 11) is -2.30. The van der Waals surface area contributed by atoms with E-state index in [0.717, 1.165) is 11.3 Å². The molecule has 0 aliphatic rings. The SMILES string of the molecule is CCOC(=O)COc1c(NS(=O)(=O)c2cccs2)cc2c(ncn2C)c1F. The zero-order valence-corrected chi connectivity index (χ0v) is 16.1. The number of halogens is 1. The van der Waals surface area contributed by atoms with Crippen LogP contribution in [-0.4, -0.2) is 37.2 Å². The number of carbonyl (C=O) groups excluding carboxylic acids is 1. The number of fused-ring (bicyclic) bond motifs is 1. The molecule has 0 atom stereocenters. The number of hydrogen-bond acceptors (Lipinski definition) is 7. The van der Waals surface area contributed by atoms with E-state index in [1.165, 1.54) is 23.0 Å². The molecule has 144 valence electrons. The first-order chi connectivity index (χ1) is 12.8. The minimum absolute atomic E-state index is 0.00423. The molecule has 1 N–H and O–H groups in total. The third-order valence-corrected chi connectivity index (χ3v) is 6.32. The van der Waals surface area contributed by atoms with Gasteiger partial charge in [0.25, 0.3) is 10.0 Å². The lowest BCUT2D eigenvalue weighted by Gasteiger charge is -2.14. The average molecular weight is 413 g/mol. The number of anilines is 1. The number of nitrogens with one attached hydrogen (secondary N) is 1. The van der Waals surface area contributed by atoms with Crippen LogP contribution in [0.4, 0.5) is 10.1 Å². The zero-order valence-electron chi connectivity index (χ0n) is 14.4. The van der Waals surface area contributed by atoms with Crippen LogP contribution in [-0.2, 0) is 26.6 Å². The standard InChI is InChI=1S/C16H16FN3O5S2/c1-3-24-12(21)8-25-16-10(19-27(22,23)13-5-4-6-26-13)7-11-15(14(16)17)18-9-20(11)2/h4-7,9,19H,3,8H2,1-2H3. The lowest BCUT2D eigenvalue weighted by Crippen LogP contribution is -2.18. The zero-order chi connectivity index (χ0) is 19.6. The molecule has 27 heavy (non-hydrogen) atoms. The summed E-state index contributed by atoms with van der Waals surface area (Å²) in [6.45, 7) is 1.19. The Bertz CT molecular complexity index is 1080. The van der Waals surface area contributed by atoms with Crippen molar-refractivity contribution >= 4 is 44.1 Å². The number of imidazole rings is 1. The van der Waals surface area contributed by atoms with Crippen molar-refractivity contribution in [2.75, 3.05) is 17.9 Å². The monoisotopic (exact) mass is 413 g/mol. The largest absolute Gasteiger partial charge is 0.477 e. The summed E-state index contributed by atoms with van der Waals surface area (Å²) < 4.78 is 53.9. The lowest BCUT2D eigenvalue weighted by molar-refractivity contribution is -0.145. The first-order valence-electron chi connectivity index (χ1n) is 7.81. The molecule has 0 fully saturated rings. The minimum Gasteiger partial charge on any atom is -0.477 e. The average Bonchev–Trinajstić information content (AvgIpc) is 3.26. The van der Waals surface area contributed by atoms with Crippen LogP contribution in [0.3, 0.4) is 0 Å². The van der Waals surface area contributed by atoms with Crippen LogP contribution in [0.15, 0.2) is 34.1 Å². The molecule has 0 spiro atoms. The molecule has 3 rings (SSSR count). The van der Waals surface area contributed by atoms with E-state index in [-0.39, 0.29) is 22.0 Å². The van der Waals surface area contributed by atoms with Gasteiger partial charge in [0.15, 0.2) is 18.2 Å². The number of ether oxygens (including phenoxy) is 2. The molecule has 0 saturated carbocycles. The molecular formula is C16H16FN3O5S2. The van der Waals surface area contributed by atoms with Gasteiger partial charge in [-0.3, -0.25) is 4.72 Å². The maximum absolute atomic E-state index is 14.9. The topological polar surface area (TPSA) is 99.5 Å². The van der Waals surface area contributed by atoms with Crippen molar-refractivity contribution in [1.29, 1.82) is 0 Å². The number of nitrogens with zero attached hydrogens (tertiary/aromatic N) is 2. The van der Waals surface area contributed by atoms with Gasteiger partial charge >= 0.3 is 5.97 Å². The van der Waals surface area contributed by atoms with Gasteiger partial charge in [-0.2, -0.15) is 0 Å². The number of thiophene rings is 1. The van der Waals surface area contributed by atoms with Crippen LogP contribution >= 0.6 is 11.3 Å². The highest BCUT2D eigenvalue weighted by Gasteiger charge is 2.24. The van der Waals surface area contributed by atoms with Crippen molar-refractivity contribution in [1.82, 2.24) is 9.55 Å². The summed E-state index contributed by atoms with van der Waals surface area (Å²) in [5, 5.41) is 1.61. The summed E-state index contributed by atoms with van der Waals surface area (Å²) in [6.07, 6.45) is 1.39. The molecule has 1 aromatic carbocycles. The number of esters is 1. The molecule has 0 aliphatic carbocycles. The fourth-order valence-electron chi connectivity index (χ4n) is 2.37. The van der Waals surface area contributed by atoms with Crippen LogP contribution in [0.2, 0.25) is 0 Å². The molecule has 0 saturated heterocycles. The van der Waals surface area contributed by atoms with Crippen molar-refractivity contribution in [2.45, 2.75) is 11.1 Å². The van der Waals surface area contributed by atoms with E-state index in [2.05, 4.69) is 9.71 Å². The second-order valence-electron chi connectivity index (χ2n) is 5.42. The van der Waals surface area contributed by atoms with Crippen LogP contribution in [0.5, 0.6) is 5.75 Å². The molecule has 0 unspecified atom stereocenters. The molecule has 11 heteroatoms. The Hall–Kier alpha value is -2.66. The van der Waals surface area contributed by atoms with Gasteiger partial charge in [-0.25, -0.2) is 22.6 Å². The van der Waals surface area contributed by atoms with Crippen molar-refractivity contribution in [3.8, 4) is 5.75 Å². The number of carbonyl (C=O) groups is 1. The molecule has 2 aromatic heterocycles. The molecule has 2 heterocycles. The summed E-state index contributed by atoms with van der Waals surface area (Å²) in [5.41, 5.74) is 0.219. The van der Waals surface area contributed by atoms with E-state index in [1.807, 2.05) is 0 Å². The molecular weight excluding hydrogens is 397 g/mol. The molecule has 0 aliphatic heterocycles. The van der Waals surface area contributed by atoms with Crippen molar-refractivity contribution in [2.24, 2.45) is 7.05 Å². The smallest absolute Gasteiger partial charge is 0.344 e. The van der Waals surface area contributed by atoms with E-state index in [1.54, 1.807) is 25.4 Å². The summed E-state index contributed by atoms with van der Waals surface area (Å²) in [5.74, 6) is -2.00. The number of rotatable bonds is 7. The summed E-state index contributed by atoms with van der Waals surface area (Å²) >= 11 is 1.02. The maximum atomic E-state index is 14.9. The second kappa shape index (κ2) is 7.53. The molecule has 0 radical (unpaired) electrons. The Labute approximate surface area is 158 Å². The molecule has 3 aromatic rings. The molecule has 0 amide bonds. The third kappa shape index (κ3) is 3.88. The van der Waals surface area contributed by atoms with Gasteiger partial charge in [0.2, 0.25) is 0 Å². The second-order valence-corrected chi connectivity index (χ2v) is 8.28. The highest BCUT2D eigenvalue weighted by atomic mass is 32.2. The Kier molecular flexibility index (Phi) is 5.33. The van der Waals surface area contributed by atoms with Gasteiger partial charge < -0.3 is 14.0 Å². The van der Waals surface area contributed by atoms with Gasteiger partial charge in [0.05, 0.1) is 24.1 Å². The Morgan fingerprint density at radius 1 is 1.44 bits per heavy atom. The lowest BCUT2D eigenvalue weighted by atomic mass is 10.2. The fraction of sp³-hybridized carbons (Fsp3) is 0.250. The van der Waals surface area contributed by atoms with Crippen molar-refractivity contribution in [3.05, 3.63) is 35.7 Å². The third-order valence-electron chi connectivity index (χ3n) is 3.56. The predicted molar refractivity (Wildman–Crippen MR) is 97.9 cm³/mol. The number of benzene rings is 1. The van der Waals surface area contributed by atoms with E-state index in [4.69, 9.17) is 9.47 Å². The van der Waals surface area contributed by atoms with E-state index in [0.29, 0.717) is 5.52 Å². The van der Waals surface area contributed by atoms with Crippen LogP contribution in [0, 0.1) is 5.82 Å². The fourth-order valence-corrected chi connectivity index (χ4v) is 4.42. The number of aryl methyl sites for hydroxylation is 1. The summed E-state index contributed by atoms with van der Waals surface area (Å²) in [4.78, 5) is 15.5. The van der Waals surface area contributed by atoms with Gasteiger partial charge in [-0.05, 0) is 24.4 Å². The van der Waals surface area contributed by atoms with Crippen LogP contribution in [0.1, 0.15) is 6.92 Å². The Morgan fingerprint density at radius 3 is 2.89 bits per heavy atom. The molecule has 8 nitrogen and oxygen atoms in total. The van der Waals surface area contributed by atoms with Gasteiger partial charge in [-0.1, -0.05) is 6.07 Å². The van der Waals surface area contributed by atoms with E-state index in [9.17, 15) is 17.6 Å². The first kappa shape index (κ1) is 19.1. The minimum atomic E-state index is -3.95. The number of aromatic nitrogens is 2. The van der Waals surface area contributed by atoms with Gasteiger partial charge in [-0.15, -0.1) is 11.3 Å². The highest BCUT2D eigenvalue weighted by Crippen LogP contribution is 2.35. The maximum Gasteiger partial charge on any atom is 0.344 e. The van der Waals surface area contributed by atoms with E-state index < -0.39 is 34.2 Å². The van der Waals surface area contributed by atoms with Crippen LogP contribution < -0.4 is 9.46 Å². The van der Waals surface area contributed by atoms with E-state index >= 15 is 0 Å². The summed E-state index contributed by atoms with van der Waals surface area (Å²) in [6, 6.07) is 4.41. The van der Waals surface area contributed by atoms with Gasteiger partial charge in [0, 0.05) is 7.05 Å². The normalized spacial score (nSPS) is 11.5. The Balaban J connectivity index is 2.04. The Morgan fingerprint density at radius 2 is 2.22 bits per heavy atom.